The topological polar surface area (TPSA) is 9.23 Å². The van der Waals surface area contributed by atoms with Gasteiger partial charge in [0.2, 0.25) is 0 Å². The summed E-state index contributed by atoms with van der Waals surface area (Å²) in [6, 6.07) is 10.4. The largest absolute Gasteiger partial charge is 0.376 e. The van der Waals surface area contributed by atoms with E-state index in [1.165, 1.54) is 18.4 Å². The first-order chi connectivity index (χ1) is 6.86. The van der Waals surface area contributed by atoms with E-state index in [1.54, 1.807) is 0 Å². The average Bonchev–Trinajstić information content (AvgIpc) is 2.24. The van der Waals surface area contributed by atoms with Crippen LogP contribution < -0.4 is 0 Å². The van der Waals surface area contributed by atoms with Crippen molar-refractivity contribution in [3.63, 3.8) is 0 Å². The molecule has 76 valence electrons. The third kappa shape index (κ3) is 2.36. The molecule has 1 nitrogen and oxygen atoms in total. The zero-order valence-corrected chi connectivity index (χ0v) is 8.78. The predicted molar refractivity (Wildman–Crippen MR) is 58.0 cm³/mol. The fraction of sp³-hybridized carbons (Fsp3) is 0.538. The summed E-state index contributed by atoms with van der Waals surface area (Å²) >= 11 is 0. The van der Waals surface area contributed by atoms with Gasteiger partial charge in [0.1, 0.15) is 0 Å². The first kappa shape index (κ1) is 9.72. The molecule has 0 spiro atoms. The van der Waals surface area contributed by atoms with E-state index in [1.807, 2.05) is 6.07 Å². The quantitative estimate of drug-likeness (QED) is 0.708. The molecule has 1 saturated carbocycles. The molecule has 1 fully saturated rings. The van der Waals surface area contributed by atoms with Gasteiger partial charge in [-0.1, -0.05) is 43.7 Å². The molecule has 0 amide bonds. The standard InChI is InChI=1S/C13H18O/c1-11-7-8-13(11)10-14-9-12-5-3-2-4-6-12/h2-6,11,13H,7-10H2,1H3. The average molecular weight is 190 g/mol. The van der Waals surface area contributed by atoms with E-state index in [-0.39, 0.29) is 0 Å². The van der Waals surface area contributed by atoms with E-state index in [4.69, 9.17) is 4.74 Å². The van der Waals surface area contributed by atoms with Gasteiger partial charge in [0, 0.05) is 0 Å². The molecule has 0 aromatic heterocycles. The first-order valence-electron chi connectivity index (χ1n) is 5.48. The summed E-state index contributed by atoms with van der Waals surface area (Å²) in [4.78, 5) is 0. The Labute approximate surface area is 86.1 Å². The highest BCUT2D eigenvalue weighted by Crippen LogP contribution is 2.33. The van der Waals surface area contributed by atoms with E-state index in [2.05, 4.69) is 31.2 Å². The molecule has 1 aromatic rings. The van der Waals surface area contributed by atoms with Gasteiger partial charge in [-0.05, 0) is 23.8 Å². The lowest BCUT2D eigenvalue weighted by molar-refractivity contribution is 0.0297. The molecule has 1 aromatic carbocycles. The number of hydrogen-bond donors (Lipinski definition) is 0. The second kappa shape index (κ2) is 4.61. The van der Waals surface area contributed by atoms with Crippen LogP contribution in [0.5, 0.6) is 0 Å². The molecule has 2 rings (SSSR count). The Kier molecular flexibility index (Phi) is 3.20. The van der Waals surface area contributed by atoms with Crippen molar-refractivity contribution in [2.24, 2.45) is 11.8 Å². The normalized spacial score (nSPS) is 25.8. The smallest absolute Gasteiger partial charge is 0.0717 e. The van der Waals surface area contributed by atoms with Crippen molar-refractivity contribution in [3.05, 3.63) is 35.9 Å². The fourth-order valence-electron chi connectivity index (χ4n) is 1.89. The molecule has 0 aliphatic heterocycles. The van der Waals surface area contributed by atoms with Crippen molar-refractivity contribution in [1.82, 2.24) is 0 Å². The molecule has 0 saturated heterocycles. The van der Waals surface area contributed by atoms with Crippen LogP contribution in [0.2, 0.25) is 0 Å². The minimum absolute atomic E-state index is 0.768. The predicted octanol–water partition coefficient (Wildman–Crippen LogP) is 3.25. The lowest BCUT2D eigenvalue weighted by atomic mass is 9.75. The van der Waals surface area contributed by atoms with E-state index in [0.29, 0.717) is 0 Å². The van der Waals surface area contributed by atoms with Crippen molar-refractivity contribution < 1.29 is 4.74 Å². The third-order valence-electron chi connectivity index (χ3n) is 3.24. The Hall–Kier alpha value is -0.820. The number of benzene rings is 1. The molecular formula is C13H18O. The summed E-state index contributed by atoms with van der Waals surface area (Å²) in [5.41, 5.74) is 1.28. The highest BCUT2D eigenvalue weighted by Gasteiger charge is 2.26. The Morgan fingerprint density at radius 3 is 2.57 bits per heavy atom. The summed E-state index contributed by atoms with van der Waals surface area (Å²) in [5, 5.41) is 0. The van der Waals surface area contributed by atoms with Crippen LogP contribution in [-0.4, -0.2) is 6.61 Å². The van der Waals surface area contributed by atoms with Crippen molar-refractivity contribution in [2.75, 3.05) is 6.61 Å². The van der Waals surface area contributed by atoms with Gasteiger partial charge in [0.25, 0.3) is 0 Å². The zero-order valence-electron chi connectivity index (χ0n) is 8.78. The Morgan fingerprint density at radius 1 is 1.21 bits per heavy atom. The van der Waals surface area contributed by atoms with Gasteiger partial charge < -0.3 is 4.74 Å². The maximum atomic E-state index is 5.69. The van der Waals surface area contributed by atoms with Crippen LogP contribution >= 0.6 is 0 Å². The van der Waals surface area contributed by atoms with E-state index < -0.39 is 0 Å². The van der Waals surface area contributed by atoms with Crippen LogP contribution in [0.4, 0.5) is 0 Å². The molecule has 14 heavy (non-hydrogen) atoms. The van der Waals surface area contributed by atoms with E-state index in [9.17, 15) is 0 Å². The summed E-state index contributed by atoms with van der Waals surface area (Å²) in [6.45, 7) is 4.03. The maximum Gasteiger partial charge on any atom is 0.0717 e. The molecule has 1 aliphatic rings. The number of rotatable bonds is 4. The molecule has 2 atom stereocenters. The third-order valence-corrected chi connectivity index (χ3v) is 3.24. The monoisotopic (exact) mass is 190 g/mol. The second-order valence-electron chi connectivity index (χ2n) is 4.32. The van der Waals surface area contributed by atoms with Crippen LogP contribution in [0.1, 0.15) is 25.3 Å². The van der Waals surface area contributed by atoms with Gasteiger partial charge in [0.05, 0.1) is 13.2 Å². The highest BCUT2D eigenvalue weighted by molar-refractivity contribution is 5.13. The number of ether oxygens (including phenoxy) is 1. The lowest BCUT2D eigenvalue weighted by Crippen LogP contribution is -2.27. The fourth-order valence-corrected chi connectivity index (χ4v) is 1.89. The molecule has 1 heteroatoms. The van der Waals surface area contributed by atoms with Crippen LogP contribution in [0.25, 0.3) is 0 Å². The SMILES string of the molecule is CC1CCC1COCc1ccccc1. The van der Waals surface area contributed by atoms with Gasteiger partial charge >= 0.3 is 0 Å². The Morgan fingerprint density at radius 2 is 2.00 bits per heavy atom. The van der Waals surface area contributed by atoms with Gasteiger partial charge in [-0.25, -0.2) is 0 Å². The van der Waals surface area contributed by atoms with Crippen molar-refractivity contribution in [2.45, 2.75) is 26.4 Å². The summed E-state index contributed by atoms with van der Waals surface area (Å²) in [7, 11) is 0. The van der Waals surface area contributed by atoms with Crippen molar-refractivity contribution in [3.8, 4) is 0 Å². The number of hydrogen-bond acceptors (Lipinski definition) is 1. The van der Waals surface area contributed by atoms with Gasteiger partial charge in [0.15, 0.2) is 0 Å². The Bertz CT molecular complexity index is 268. The van der Waals surface area contributed by atoms with Gasteiger partial charge in [-0.15, -0.1) is 0 Å². The van der Waals surface area contributed by atoms with Crippen LogP contribution in [0.15, 0.2) is 30.3 Å². The molecule has 1 aliphatic carbocycles. The molecule has 0 radical (unpaired) electrons. The summed E-state index contributed by atoms with van der Waals surface area (Å²) in [6.07, 6.45) is 2.75. The highest BCUT2D eigenvalue weighted by atomic mass is 16.5. The second-order valence-corrected chi connectivity index (χ2v) is 4.32. The molecule has 0 N–H and O–H groups in total. The van der Waals surface area contributed by atoms with Crippen LogP contribution in [0.3, 0.4) is 0 Å². The minimum atomic E-state index is 0.768. The zero-order chi connectivity index (χ0) is 9.80. The van der Waals surface area contributed by atoms with E-state index >= 15 is 0 Å². The van der Waals surface area contributed by atoms with Crippen molar-refractivity contribution in [1.29, 1.82) is 0 Å². The lowest BCUT2D eigenvalue weighted by Gasteiger charge is -2.33. The molecule has 0 heterocycles. The van der Waals surface area contributed by atoms with Crippen LogP contribution in [0, 0.1) is 11.8 Å². The van der Waals surface area contributed by atoms with Crippen molar-refractivity contribution >= 4 is 0 Å². The van der Waals surface area contributed by atoms with E-state index in [0.717, 1.165) is 25.0 Å². The maximum absolute atomic E-state index is 5.69. The molecule has 2 unspecified atom stereocenters. The minimum Gasteiger partial charge on any atom is -0.376 e. The van der Waals surface area contributed by atoms with Gasteiger partial charge in [-0.2, -0.15) is 0 Å². The molecular weight excluding hydrogens is 172 g/mol. The Balaban J connectivity index is 1.68. The van der Waals surface area contributed by atoms with Gasteiger partial charge in [-0.3, -0.25) is 0 Å². The molecule has 0 bridgehead atoms. The summed E-state index contributed by atoms with van der Waals surface area (Å²) < 4.78 is 5.69. The van der Waals surface area contributed by atoms with Crippen LogP contribution in [-0.2, 0) is 11.3 Å². The first-order valence-corrected chi connectivity index (χ1v) is 5.48. The summed E-state index contributed by atoms with van der Waals surface area (Å²) in [5.74, 6) is 1.70.